The second-order valence-electron chi connectivity index (χ2n) is 5.65. The standard InChI is InChI=1S/C18H38N2O7/c1-20-5-2-3-18(21)17-27-16-15-26-14-13-25-12-11-24-10-9-23-8-7-22-6-4-19/h20H,2-17,19H2,1H3. The first-order valence-electron chi connectivity index (χ1n) is 9.64. The lowest BCUT2D eigenvalue weighted by Gasteiger charge is -2.08. The lowest BCUT2D eigenvalue weighted by Crippen LogP contribution is -2.16. The highest BCUT2D eigenvalue weighted by Gasteiger charge is 2.01. The van der Waals surface area contributed by atoms with Crippen LogP contribution >= 0.6 is 0 Å². The molecule has 0 amide bonds. The number of Topliss-reactive ketones (excluding diaryl/α,β-unsaturated/α-hetero) is 1. The molecule has 9 nitrogen and oxygen atoms in total. The van der Waals surface area contributed by atoms with Gasteiger partial charge in [0.05, 0.1) is 72.7 Å². The van der Waals surface area contributed by atoms with Gasteiger partial charge in [0.25, 0.3) is 0 Å². The first kappa shape index (κ1) is 26.4. The summed E-state index contributed by atoms with van der Waals surface area (Å²) < 4.78 is 31.9. The Morgan fingerprint density at radius 2 is 1.11 bits per heavy atom. The molecule has 0 aliphatic carbocycles. The first-order valence-corrected chi connectivity index (χ1v) is 9.64. The van der Waals surface area contributed by atoms with Gasteiger partial charge in [0.2, 0.25) is 0 Å². The van der Waals surface area contributed by atoms with E-state index < -0.39 is 0 Å². The van der Waals surface area contributed by atoms with E-state index in [1.54, 1.807) is 0 Å². The maximum Gasteiger partial charge on any atom is 0.158 e. The molecule has 162 valence electrons. The number of nitrogens with one attached hydrogen (secondary N) is 1. The third-order valence-electron chi connectivity index (χ3n) is 3.27. The highest BCUT2D eigenvalue weighted by atomic mass is 16.6. The third kappa shape index (κ3) is 23.3. The van der Waals surface area contributed by atoms with Crippen molar-refractivity contribution >= 4 is 5.78 Å². The summed E-state index contributed by atoms with van der Waals surface area (Å²) in [6.07, 6.45) is 1.39. The predicted molar refractivity (Wildman–Crippen MR) is 102 cm³/mol. The van der Waals surface area contributed by atoms with Crippen molar-refractivity contribution in [3.63, 3.8) is 0 Å². The number of hydrogen-bond donors (Lipinski definition) is 2. The van der Waals surface area contributed by atoms with E-state index in [1.165, 1.54) is 0 Å². The van der Waals surface area contributed by atoms with Gasteiger partial charge in [-0.2, -0.15) is 0 Å². The fourth-order valence-electron chi connectivity index (χ4n) is 1.90. The van der Waals surface area contributed by atoms with Crippen LogP contribution in [0, 0.1) is 0 Å². The topological polar surface area (TPSA) is 111 Å². The van der Waals surface area contributed by atoms with Crippen molar-refractivity contribution in [1.82, 2.24) is 5.32 Å². The quantitative estimate of drug-likeness (QED) is 0.224. The largest absolute Gasteiger partial charge is 0.378 e. The number of rotatable bonds is 23. The van der Waals surface area contributed by atoms with Gasteiger partial charge in [0.15, 0.2) is 5.78 Å². The molecule has 0 aromatic rings. The van der Waals surface area contributed by atoms with E-state index >= 15 is 0 Å². The molecule has 0 aliphatic rings. The molecular weight excluding hydrogens is 356 g/mol. The molecule has 0 saturated heterocycles. The minimum atomic E-state index is 0.124. The van der Waals surface area contributed by atoms with Crippen LogP contribution in [-0.4, -0.2) is 105 Å². The van der Waals surface area contributed by atoms with Gasteiger partial charge in [0, 0.05) is 13.0 Å². The predicted octanol–water partition coefficient (Wildman–Crippen LogP) is -0.387. The Kier molecular flexibility index (Phi) is 22.8. The molecule has 0 aliphatic heterocycles. The lowest BCUT2D eigenvalue weighted by atomic mass is 10.2. The van der Waals surface area contributed by atoms with Gasteiger partial charge < -0.3 is 39.5 Å². The van der Waals surface area contributed by atoms with Crippen LogP contribution in [0.2, 0.25) is 0 Å². The van der Waals surface area contributed by atoms with Crippen LogP contribution in [0.4, 0.5) is 0 Å². The Balaban J connectivity index is 3.06. The Morgan fingerprint density at radius 1 is 0.704 bits per heavy atom. The summed E-state index contributed by atoms with van der Waals surface area (Å²) in [5, 5.41) is 3.00. The van der Waals surface area contributed by atoms with Gasteiger partial charge in [-0.3, -0.25) is 4.79 Å². The van der Waals surface area contributed by atoms with E-state index in [1.807, 2.05) is 7.05 Å². The van der Waals surface area contributed by atoms with Crippen molar-refractivity contribution in [3.05, 3.63) is 0 Å². The van der Waals surface area contributed by atoms with E-state index in [2.05, 4.69) is 5.32 Å². The van der Waals surface area contributed by atoms with E-state index in [4.69, 9.17) is 34.2 Å². The molecule has 0 radical (unpaired) electrons. The monoisotopic (exact) mass is 394 g/mol. The van der Waals surface area contributed by atoms with Crippen LogP contribution in [0.15, 0.2) is 0 Å². The van der Waals surface area contributed by atoms with Crippen LogP contribution in [-0.2, 0) is 33.2 Å². The number of ketones is 1. The number of ether oxygens (including phenoxy) is 6. The van der Waals surface area contributed by atoms with Crippen LogP contribution in [0.5, 0.6) is 0 Å². The Morgan fingerprint density at radius 3 is 1.52 bits per heavy atom. The summed E-state index contributed by atoms with van der Waals surface area (Å²) in [4.78, 5) is 11.4. The van der Waals surface area contributed by atoms with Crippen LogP contribution in [0.1, 0.15) is 12.8 Å². The molecule has 0 rings (SSSR count). The van der Waals surface area contributed by atoms with E-state index in [0.717, 1.165) is 13.0 Å². The molecule has 0 bridgehead atoms. The van der Waals surface area contributed by atoms with Gasteiger partial charge in [-0.05, 0) is 20.0 Å². The normalized spacial score (nSPS) is 11.2. The molecule has 3 N–H and O–H groups in total. The summed E-state index contributed by atoms with van der Waals surface area (Å²) in [6.45, 7) is 7.15. The molecule has 0 atom stereocenters. The molecule has 27 heavy (non-hydrogen) atoms. The molecule has 9 heteroatoms. The zero-order valence-electron chi connectivity index (χ0n) is 16.7. The van der Waals surface area contributed by atoms with Gasteiger partial charge >= 0.3 is 0 Å². The first-order chi connectivity index (χ1) is 13.3. The van der Waals surface area contributed by atoms with Crippen molar-refractivity contribution in [2.75, 3.05) is 99.4 Å². The summed E-state index contributed by atoms with van der Waals surface area (Å²) in [5.41, 5.74) is 5.30. The fraction of sp³-hybridized carbons (Fsp3) is 0.944. The molecule has 0 fully saturated rings. The fourth-order valence-corrected chi connectivity index (χ4v) is 1.90. The molecule has 0 spiro atoms. The average molecular weight is 395 g/mol. The number of carbonyl (C=O) groups excluding carboxylic acids is 1. The van der Waals surface area contributed by atoms with Gasteiger partial charge in [-0.15, -0.1) is 0 Å². The SMILES string of the molecule is CNCCCC(=O)COCCOCCOCCOCCOCCOCCN. The van der Waals surface area contributed by atoms with Crippen molar-refractivity contribution in [2.24, 2.45) is 5.73 Å². The van der Waals surface area contributed by atoms with Gasteiger partial charge in [-0.25, -0.2) is 0 Å². The van der Waals surface area contributed by atoms with Crippen LogP contribution in [0.25, 0.3) is 0 Å². The highest BCUT2D eigenvalue weighted by Crippen LogP contribution is 1.91. The maximum atomic E-state index is 11.4. The number of carbonyl (C=O) groups is 1. The molecule has 0 aromatic carbocycles. The number of nitrogens with two attached hydrogens (primary N) is 1. The van der Waals surface area contributed by atoms with Gasteiger partial charge in [-0.1, -0.05) is 0 Å². The summed E-state index contributed by atoms with van der Waals surface area (Å²) >= 11 is 0. The zero-order valence-corrected chi connectivity index (χ0v) is 16.7. The average Bonchev–Trinajstić information content (AvgIpc) is 2.67. The lowest BCUT2D eigenvalue weighted by molar-refractivity contribution is -0.124. The van der Waals surface area contributed by atoms with Crippen molar-refractivity contribution in [2.45, 2.75) is 12.8 Å². The Hall–Kier alpha value is -0.650. The molecular formula is C18H38N2O7. The minimum absolute atomic E-state index is 0.124. The summed E-state index contributed by atoms with van der Waals surface area (Å²) in [6, 6.07) is 0. The number of hydrogen-bond acceptors (Lipinski definition) is 9. The molecule has 0 aromatic heterocycles. The summed E-state index contributed by atoms with van der Waals surface area (Å²) in [7, 11) is 1.87. The zero-order chi connectivity index (χ0) is 19.8. The molecule has 0 unspecified atom stereocenters. The van der Waals surface area contributed by atoms with Crippen molar-refractivity contribution < 1.29 is 33.2 Å². The highest BCUT2D eigenvalue weighted by molar-refractivity contribution is 5.79. The second-order valence-corrected chi connectivity index (χ2v) is 5.65. The summed E-state index contributed by atoms with van der Waals surface area (Å²) in [5.74, 6) is 0.124. The Bertz CT molecular complexity index is 309. The Labute approximate surface area is 163 Å². The van der Waals surface area contributed by atoms with Crippen molar-refractivity contribution in [1.29, 1.82) is 0 Å². The van der Waals surface area contributed by atoms with E-state index in [0.29, 0.717) is 85.6 Å². The van der Waals surface area contributed by atoms with Gasteiger partial charge in [0.1, 0.15) is 6.61 Å². The smallest absolute Gasteiger partial charge is 0.158 e. The molecule has 0 heterocycles. The second kappa shape index (κ2) is 23.4. The maximum absolute atomic E-state index is 11.4. The van der Waals surface area contributed by atoms with E-state index in [9.17, 15) is 4.79 Å². The minimum Gasteiger partial charge on any atom is -0.378 e. The molecule has 0 saturated carbocycles. The van der Waals surface area contributed by atoms with E-state index in [-0.39, 0.29) is 12.4 Å². The van der Waals surface area contributed by atoms with Crippen molar-refractivity contribution in [3.8, 4) is 0 Å². The van der Waals surface area contributed by atoms with Crippen LogP contribution < -0.4 is 11.1 Å². The third-order valence-corrected chi connectivity index (χ3v) is 3.27. The van der Waals surface area contributed by atoms with Crippen LogP contribution in [0.3, 0.4) is 0 Å².